The molecule has 0 N–H and O–H groups in total. The number of carbonyl (C=O) groups excluding carboxylic acids is 3. The average molecular weight is 852 g/mol. The van der Waals surface area contributed by atoms with E-state index in [1.54, 1.807) is 43.4 Å². The number of ether oxygens (including phenoxy) is 1. The number of esters is 1. The van der Waals surface area contributed by atoms with Crippen molar-refractivity contribution in [1.82, 2.24) is 49.8 Å². The molecule has 2 amide bonds. The number of para-hydroxylation sites is 2. The molecule has 6 heterocycles. The zero-order chi connectivity index (χ0) is 40.3. The molecule has 1 aliphatic carbocycles. The van der Waals surface area contributed by atoms with E-state index in [-0.39, 0.29) is 53.5 Å². The molecule has 2 aliphatic heterocycles. The fraction of sp³-hybridized carbons (Fsp3) is 0.390. The van der Waals surface area contributed by atoms with E-state index < -0.39 is 0 Å². The minimum absolute atomic E-state index is 0.00853. The molecule has 1 saturated carbocycles. The summed E-state index contributed by atoms with van der Waals surface area (Å²) in [4.78, 5) is 54.3. The van der Waals surface area contributed by atoms with Gasteiger partial charge in [-0.2, -0.15) is 30.0 Å². The molecule has 3 aliphatic rings. The van der Waals surface area contributed by atoms with Crippen LogP contribution in [-0.4, -0.2) is 99.8 Å². The zero-order valence-electron chi connectivity index (χ0n) is 32.3. The number of halogens is 1. The molecule has 6 aromatic rings. The van der Waals surface area contributed by atoms with Gasteiger partial charge in [0.2, 0.25) is 0 Å². The quantitative estimate of drug-likeness (QED) is 0.155. The smallest absolute Gasteiger partial charge is 0.309 e. The number of piperidine rings is 2. The predicted molar refractivity (Wildman–Crippen MR) is 211 cm³/mol. The Morgan fingerprint density at radius 1 is 0.690 bits per heavy atom. The topological polar surface area (TPSA) is 180 Å². The van der Waals surface area contributed by atoms with Gasteiger partial charge in [-0.3, -0.25) is 14.4 Å². The fourth-order valence-electron chi connectivity index (χ4n) is 7.88. The Balaban J connectivity index is 0.000000165. The van der Waals surface area contributed by atoms with Gasteiger partial charge in [-0.15, -0.1) is 0 Å². The van der Waals surface area contributed by atoms with Gasteiger partial charge in [0.1, 0.15) is 17.1 Å². The molecule has 9 rings (SSSR count). The number of likely N-dealkylation sites (tertiary alicyclic amines) is 2. The van der Waals surface area contributed by atoms with Crippen molar-refractivity contribution >= 4 is 33.7 Å². The molecule has 0 radical (unpaired) electrons. The van der Waals surface area contributed by atoms with Gasteiger partial charge < -0.3 is 23.4 Å². The minimum atomic E-state index is -0.201. The van der Waals surface area contributed by atoms with Crippen LogP contribution in [0.2, 0.25) is 0 Å². The minimum Gasteiger partial charge on any atom is -0.469 e. The molecule has 17 heteroatoms. The molecule has 3 fully saturated rings. The highest BCUT2D eigenvalue weighted by molar-refractivity contribution is 9.10. The number of nitrogens with zero attached hydrogens (tertiary/aromatic N) is 10. The predicted octanol–water partition coefficient (Wildman–Crippen LogP) is 6.37. The maximum absolute atomic E-state index is 13.5. The van der Waals surface area contributed by atoms with Crippen molar-refractivity contribution in [2.24, 2.45) is 5.92 Å². The largest absolute Gasteiger partial charge is 0.469 e. The summed E-state index contributed by atoms with van der Waals surface area (Å²) in [6.07, 6.45) is 13.9. The van der Waals surface area contributed by atoms with Crippen molar-refractivity contribution in [1.29, 1.82) is 0 Å². The number of oxazole rings is 2. The first-order valence-electron chi connectivity index (χ1n) is 19.4. The second kappa shape index (κ2) is 16.9. The lowest BCUT2D eigenvalue weighted by molar-refractivity contribution is -0.142. The molecule has 300 valence electrons. The van der Waals surface area contributed by atoms with Crippen LogP contribution >= 0.6 is 15.9 Å². The third kappa shape index (κ3) is 8.08. The van der Waals surface area contributed by atoms with Crippen LogP contribution in [-0.2, 0) is 9.53 Å². The van der Waals surface area contributed by atoms with E-state index in [0.29, 0.717) is 52.0 Å². The monoisotopic (exact) mass is 850 g/mol. The van der Waals surface area contributed by atoms with Gasteiger partial charge >= 0.3 is 5.97 Å². The lowest BCUT2D eigenvalue weighted by Crippen LogP contribution is -2.45. The first-order chi connectivity index (χ1) is 28.2. The van der Waals surface area contributed by atoms with Crippen molar-refractivity contribution in [3.05, 3.63) is 119 Å². The molecule has 6 atom stereocenters. The summed E-state index contributed by atoms with van der Waals surface area (Å²) in [5, 5.41) is 16.7. The molecule has 0 bridgehead atoms. The highest BCUT2D eigenvalue weighted by atomic mass is 79.9. The molecule has 2 unspecified atom stereocenters. The third-order valence-corrected chi connectivity index (χ3v) is 11.6. The van der Waals surface area contributed by atoms with E-state index in [1.807, 2.05) is 52.3 Å². The van der Waals surface area contributed by atoms with Gasteiger partial charge in [0.15, 0.2) is 11.8 Å². The Hall–Kier alpha value is -5.97. The highest BCUT2D eigenvalue weighted by Crippen LogP contribution is 2.48. The van der Waals surface area contributed by atoms with Crippen molar-refractivity contribution < 1.29 is 28.0 Å². The second-order valence-corrected chi connectivity index (χ2v) is 15.7. The van der Waals surface area contributed by atoms with E-state index in [2.05, 4.69) is 60.1 Å². The molecule has 16 nitrogen and oxygen atoms in total. The number of hydrogen-bond donors (Lipinski definition) is 0. The SMILES string of the molecule is COC(=O)C1CC1c1coc([C@@H]2CC[C@@H](C)N(C(=O)c3ccccc3-n3nccn3)C2)n1.C[C@@H]1CC[C@@H](c2nc(Br)co2)CN1C(=O)c1ccccc1-n1nccn1. The number of amides is 2. The van der Waals surface area contributed by atoms with Crippen LogP contribution in [0, 0.1) is 5.92 Å². The first kappa shape index (κ1) is 38.9. The van der Waals surface area contributed by atoms with Crippen LogP contribution < -0.4 is 0 Å². The number of hydrogen-bond acceptors (Lipinski definition) is 12. The van der Waals surface area contributed by atoms with Gasteiger partial charge in [-0.25, -0.2) is 9.97 Å². The van der Waals surface area contributed by atoms with Crippen LogP contribution in [0.15, 0.2) is 99.3 Å². The Morgan fingerprint density at radius 2 is 1.17 bits per heavy atom. The third-order valence-electron chi connectivity index (χ3n) is 11.2. The Bertz CT molecular complexity index is 2360. The number of aromatic nitrogens is 8. The van der Waals surface area contributed by atoms with Crippen LogP contribution in [0.4, 0.5) is 0 Å². The Kier molecular flexibility index (Phi) is 11.3. The summed E-state index contributed by atoms with van der Waals surface area (Å²) in [5.41, 5.74) is 3.27. The van der Waals surface area contributed by atoms with E-state index >= 15 is 0 Å². The standard InChI is InChI=1S/C23H25N5O4.C18H18BrN5O2/c1-14-7-8-15(21-26-19(13-32-21)17-11-18(17)23(30)31-2)12-27(14)22(29)16-5-3-4-6-20(16)28-24-9-10-25-28;1-12-6-7-13(17-22-16(19)11-26-17)10-23(12)18(25)14-4-2-3-5-15(14)24-20-8-9-21-24/h3-6,9-10,13-15,17-18H,7-8,11-12H2,1-2H3;2-5,8-9,11-13H,6-7,10H2,1H3/t14-,15-,17?,18?;12-,13-/m11/s1. The van der Waals surface area contributed by atoms with E-state index in [1.165, 1.54) is 16.7 Å². The summed E-state index contributed by atoms with van der Waals surface area (Å²) in [5.74, 6) is 1.05. The molecule has 4 aromatic heterocycles. The van der Waals surface area contributed by atoms with Crippen LogP contribution in [0.5, 0.6) is 0 Å². The molecular weight excluding hydrogens is 808 g/mol. The Labute approximate surface area is 342 Å². The molecule has 2 aromatic carbocycles. The zero-order valence-corrected chi connectivity index (χ0v) is 33.9. The summed E-state index contributed by atoms with van der Waals surface area (Å²) >= 11 is 3.32. The Morgan fingerprint density at radius 3 is 1.66 bits per heavy atom. The maximum atomic E-state index is 13.5. The lowest BCUT2D eigenvalue weighted by atomic mass is 9.92. The van der Waals surface area contributed by atoms with Crippen LogP contribution in [0.25, 0.3) is 11.4 Å². The first-order valence-corrected chi connectivity index (χ1v) is 20.2. The van der Waals surface area contributed by atoms with Gasteiger partial charge in [0.25, 0.3) is 11.8 Å². The number of methoxy groups -OCH3 is 1. The van der Waals surface area contributed by atoms with E-state index in [9.17, 15) is 14.4 Å². The normalized spacial score (nSPS) is 22.8. The van der Waals surface area contributed by atoms with Crippen LogP contribution in [0.3, 0.4) is 0 Å². The number of rotatable bonds is 8. The fourth-order valence-corrected chi connectivity index (χ4v) is 8.15. The average Bonchev–Trinajstić information content (AvgIpc) is 3.86. The van der Waals surface area contributed by atoms with Gasteiger partial charge in [-0.05, 0) is 86.1 Å². The second-order valence-electron chi connectivity index (χ2n) is 14.9. The van der Waals surface area contributed by atoms with E-state index in [0.717, 1.165) is 37.8 Å². The summed E-state index contributed by atoms with van der Waals surface area (Å²) in [6, 6.07) is 15.0. The van der Waals surface area contributed by atoms with Crippen molar-refractivity contribution in [3.8, 4) is 11.4 Å². The molecular formula is C41H43BrN10O6. The van der Waals surface area contributed by atoms with Crippen molar-refractivity contribution in [2.45, 2.75) is 75.8 Å². The maximum Gasteiger partial charge on any atom is 0.309 e. The molecule has 58 heavy (non-hydrogen) atoms. The number of carbonyl (C=O) groups is 3. The number of benzene rings is 2. The van der Waals surface area contributed by atoms with Crippen molar-refractivity contribution in [3.63, 3.8) is 0 Å². The lowest BCUT2D eigenvalue weighted by Gasteiger charge is -2.37. The highest BCUT2D eigenvalue weighted by Gasteiger charge is 2.47. The van der Waals surface area contributed by atoms with Crippen LogP contribution in [0.1, 0.15) is 102 Å². The molecule has 0 spiro atoms. The van der Waals surface area contributed by atoms with Gasteiger partial charge in [-0.1, -0.05) is 24.3 Å². The van der Waals surface area contributed by atoms with Gasteiger partial charge in [0.05, 0.1) is 77.8 Å². The summed E-state index contributed by atoms with van der Waals surface area (Å²) < 4.78 is 16.8. The molecule has 2 saturated heterocycles. The van der Waals surface area contributed by atoms with Crippen molar-refractivity contribution in [2.75, 3.05) is 20.2 Å². The van der Waals surface area contributed by atoms with Gasteiger partial charge in [0, 0.05) is 31.1 Å². The van der Waals surface area contributed by atoms with E-state index in [4.69, 9.17) is 13.6 Å². The summed E-state index contributed by atoms with van der Waals surface area (Å²) in [7, 11) is 1.40. The summed E-state index contributed by atoms with van der Waals surface area (Å²) in [6.45, 7) is 5.24.